The van der Waals surface area contributed by atoms with Crippen LogP contribution in [0.4, 0.5) is 0 Å². The molecule has 1 aromatic carbocycles. The molecule has 1 unspecified atom stereocenters. The van der Waals surface area contributed by atoms with Gasteiger partial charge in [-0.15, -0.1) is 0 Å². The normalized spacial score (nSPS) is 17.3. The zero-order valence-electron chi connectivity index (χ0n) is 17.0. The first-order valence-electron chi connectivity index (χ1n) is 9.82. The molecule has 1 N–H and O–H groups in total. The van der Waals surface area contributed by atoms with E-state index in [2.05, 4.69) is 41.2 Å². The summed E-state index contributed by atoms with van der Waals surface area (Å²) in [4.78, 5) is 20.9. The average Bonchev–Trinajstić information content (AvgIpc) is 2.68. The lowest BCUT2D eigenvalue weighted by Gasteiger charge is -2.36. The molecule has 0 spiro atoms. The van der Waals surface area contributed by atoms with Crippen molar-refractivity contribution in [3.8, 4) is 5.75 Å². The number of amides is 1. The minimum Gasteiger partial charge on any atom is -0.492 e. The molecule has 0 aliphatic carbocycles. The zero-order valence-corrected chi connectivity index (χ0v) is 17.0. The quantitative estimate of drug-likeness (QED) is 0.795. The Hall–Kier alpha value is -2.44. The van der Waals surface area contributed by atoms with E-state index in [0.717, 1.165) is 30.9 Å². The fourth-order valence-corrected chi connectivity index (χ4v) is 3.57. The van der Waals surface area contributed by atoms with Crippen molar-refractivity contribution in [1.29, 1.82) is 0 Å². The number of aryl methyl sites for hydroxylation is 2. The van der Waals surface area contributed by atoms with Crippen LogP contribution in [0.25, 0.3) is 0 Å². The highest BCUT2D eigenvalue weighted by Crippen LogP contribution is 2.21. The second-order valence-corrected chi connectivity index (χ2v) is 7.46. The van der Waals surface area contributed by atoms with E-state index in [0.29, 0.717) is 19.7 Å². The standard InChI is InChI=1S/C22H30N4O2/c1-17-11-18(2)13-20(12-17)28-10-9-25(3)22(27)16-26-8-7-24-15-21(26)19-5-4-6-23-14-19/h4-6,11-14,21,24H,7-10,15-16H2,1-3H3. The number of benzene rings is 1. The second kappa shape index (κ2) is 9.66. The van der Waals surface area contributed by atoms with Crippen LogP contribution in [0.3, 0.4) is 0 Å². The Labute approximate surface area is 167 Å². The number of rotatable bonds is 7. The third-order valence-electron chi connectivity index (χ3n) is 5.08. The van der Waals surface area contributed by atoms with E-state index in [-0.39, 0.29) is 11.9 Å². The van der Waals surface area contributed by atoms with Gasteiger partial charge in [-0.05, 0) is 48.7 Å². The summed E-state index contributed by atoms with van der Waals surface area (Å²) in [5, 5.41) is 3.41. The second-order valence-electron chi connectivity index (χ2n) is 7.46. The van der Waals surface area contributed by atoms with Crippen LogP contribution in [0.2, 0.25) is 0 Å². The highest BCUT2D eigenvalue weighted by molar-refractivity contribution is 5.78. The predicted molar refractivity (Wildman–Crippen MR) is 110 cm³/mol. The van der Waals surface area contributed by atoms with Crippen LogP contribution in [0.15, 0.2) is 42.7 Å². The Morgan fingerprint density at radius 1 is 1.32 bits per heavy atom. The number of nitrogens with zero attached hydrogens (tertiary/aromatic N) is 3. The smallest absolute Gasteiger partial charge is 0.236 e. The number of hydrogen-bond acceptors (Lipinski definition) is 5. The number of hydrogen-bond donors (Lipinski definition) is 1. The summed E-state index contributed by atoms with van der Waals surface area (Å²) in [7, 11) is 1.84. The molecule has 28 heavy (non-hydrogen) atoms. The van der Waals surface area contributed by atoms with E-state index in [9.17, 15) is 4.79 Å². The SMILES string of the molecule is Cc1cc(C)cc(OCCN(C)C(=O)CN2CCNCC2c2cccnc2)c1. The van der Waals surface area contributed by atoms with Crippen LogP contribution in [0, 0.1) is 13.8 Å². The Bertz CT molecular complexity index is 761. The molecule has 1 aromatic heterocycles. The van der Waals surface area contributed by atoms with Gasteiger partial charge in [-0.1, -0.05) is 12.1 Å². The van der Waals surface area contributed by atoms with Crippen LogP contribution in [-0.4, -0.2) is 67.1 Å². The van der Waals surface area contributed by atoms with Crippen LogP contribution in [0.1, 0.15) is 22.7 Å². The van der Waals surface area contributed by atoms with E-state index < -0.39 is 0 Å². The number of ether oxygens (including phenoxy) is 1. The van der Waals surface area contributed by atoms with Gasteiger partial charge in [-0.2, -0.15) is 0 Å². The number of carbonyl (C=O) groups is 1. The van der Waals surface area contributed by atoms with E-state index >= 15 is 0 Å². The fraction of sp³-hybridized carbons (Fsp3) is 0.455. The van der Waals surface area contributed by atoms with Gasteiger partial charge in [0.1, 0.15) is 12.4 Å². The summed E-state index contributed by atoms with van der Waals surface area (Å²) < 4.78 is 5.84. The number of piperazine rings is 1. The molecule has 2 aromatic rings. The average molecular weight is 383 g/mol. The molecule has 0 saturated carbocycles. The number of pyridine rings is 1. The molecular weight excluding hydrogens is 352 g/mol. The summed E-state index contributed by atoms with van der Waals surface area (Å²) in [5.41, 5.74) is 3.50. The Morgan fingerprint density at radius 3 is 2.82 bits per heavy atom. The van der Waals surface area contributed by atoms with Gasteiger partial charge in [-0.3, -0.25) is 14.7 Å². The molecule has 1 atom stereocenters. The molecular formula is C22H30N4O2. The van der Waals surface area contributed by atoms with Crippen molar-refractivity contribution in [2.24, 2.45) is 0 Å². The first-order valence-corrected chi connectivity index (χ1v) is 9.82. The van der Waals surface area contributed by atoms with Gasteiger partial charge in [0.2, 0.25) is 5.91 Å². The van der Waals surface area contributed by atoms with E-state index in [1.54, 1.807) is 11.1 Å². The maximum absolute atomic E-state index is 12.7. The van der Waals surface area contributed by atoms with Gasteiger partial charge in [0, 0.05) is 45.1 Å². The zero-order chi connectivity index (χ0) is 19.9. The Balaban J connectivity index is 1.51. The molecule has 0 bridgehead atoms. The maximum atomic E-state index is 12.7. The number of aromatic nitrogens is 1. The van der Waals surface area contributed by atoms with Crippen molar-refractivity contribution < 1.29 is 9.53 Å². The van der Waals surface area contributed by atoms with Crippen LogP contribution >= 0.6 is 0 Å². The lowest BCUT2D eigenvalue weighted by molar-refractivity contribution is -0.132. The number of carbonyl (C=O) groups excluding carboxylic acids is 1. The molecule has 150 valence electrons. The minimum absolute atomic E-state index is 0.111. The number of likely N-dealkylation sites (N-methyl/N-ethyl adjacent to an activating group) is 1. The van der Waals surface area contributed by atoms with Gasteiger partial charge in [0.25, 0.3) is 0 Å². The number of nitrogens with one attached hydrogen (secondary N) is 1. The highest BCUT2D eigenvalue weighted by Gasteiger charge is 2.26. The third kappa shape index (κ3) is 5.53. The molecule has 2 heterocycles. The minimum atomic E-state index is 0.111. The van der Waals surface area contributed by atoms with Gasteiger partial charge in [0.05, 0.1) is 13.1 Å². The molecule has 0 radical (unpaired) electrons. The van der Waals surface area contributed by atoms with E-state index in [1.807, 2.05) is 31.4 Å². The van der Waals surface area contributed by atoms with Gasteiger partial charge < -0.3 is 15.0 Å². The van der Waals surface area contributed by atoms with Crippen LogP contribution in [0.5, 0.6) is 5.75 Å². The largest absolute Gasteiger partial charge is 0.492 e. The van der Waals surface area contributed by atoms with E-state index in [4.69, 9.17) is 4.74 Å². The van der Waals surface area contributed by atoms with Crippen molar-refractivity contribution in [2.75, 3.05) is 46.4 Å². The third-order valence-corrected chi connectivity index (χ3v) is 5.08. The predicted octanol–water partition coefficient (Wildman–Crippen LogP) is 2.18. The van der Waals surface area contributed by atoms with Crippen molar-refractivity contribution in [3.05, 3.63) is 59.4 Å². The fourth-order valence-electron chi connectivity index (χ4n) is 3.57. The first kappa shape index (κ1) is 20.3. The highest BCUT2D eigenvalue weighted by atomic mass is 16.5. The molecule has 6 nitrogen and oxygen atoms in total. The van der Waals surface area contributed by atoms with Gasteiger partial charge >= 0.3 is 0 Å². The molecule has 1 fully saturated rings. The monoisotopic (exact) mass is 382 g/mol. The Kier molecular flexibility index (Phi) is 7.01. The molecule has 3 rings (SSSR count). The molecule has 1 aliphatic rings. The maximum Gasteiger partial charge on any atom is 0.236 e. The van der Waals surface area contributed by atoms with Crippen molar-refractivity contribution in [3.63, 3.8) is 0 Å². The lowest BCUT2D eigenvalue weighted by Crippen LogP contribution is -2.50. The molecule has 1 aliphatic heterocycles. The molecule has 1 saturated heterocycles. The summed E-state index contributed by atoms with van der Waals surface area (Å²) in [5.74, 6) is 0.969. The van der Waals surface area contributed by atoms with Crippen molar-refractivity contribution >= 4 is 5.91 Å². The first-order chi connectivity index (χ1) is 13.5. The summed E-state index contributed by atoms with van der Waals surface area (Å²) in [6, 6.07) is 10.4. The Morgan fingerprint density at radius 2 is 2.11 bits per heavy atom. The summed E-state index contributed by atoms with van der Waals surface area (Å²) in [6.07, 6.45) is 3.66. The van der Waals surface area contributed by atoms with Crippen molar-refractivity contribution in [1.82, 2.24) is 20.1 Å². The van der Waals surface area contributed by atoms with Gasteiger partial charge in [-0.25, -0.2) is 0 Å². The molecule has 6 heteroatoms. The van der Waals surface area contributed by atoms with Crippen LogP contribution < -0.4 is 10.1 Å². The summed E-state index contributed by atoms with van der Waals surface area (Å²) in [6.45, 7) is 8.14. The van der Waals surface area contributed by atoms with Crippen molar-refractivity contribution in [2.45, 2.75) is 19.9 Å². The molecule has 1 amide bonds. The van der Waals surface area contributed by atoms with Gasteiger partial charge in [0.15, 0.2) is 0 Å². The van der Waals surface area contributed by atoms with E-state index in [1.165, 1.54) is 11.1 Å². The lowest BCUT2D eigenvalue weighted by atomic mass is 10.1. The summed E-state index contributed by atoms with van der Waals surface area (Å²) >= 11 is 0. The van der Waals surface area contributed by atoms with Crippen LogP contribution in [-0.2, 0) is 4.79 Å². The topological polar surface area (TPSA) is 57.7 Å².